The second kappa shape index (κ2) is 10.2. The number of methoxy groups -OCH3 is 1. The van der Waals surface area contributed by atoms with Crippen molar-refractivity contribution < 1.29 is 14.3 Å². The lowest BCUT2D eigenvalue weighted by Gasteiger charge is -2.05. The van der Waals surface area contributed by atoms with Crippen LogP contribution in [0.15, 0.2) is 41.6 Å². The number of hydrogen-bond donors (Lipinski definition) is 1. The van der Waals surface area contributed by atoms with Gasteiger partial charge in [-0.15, -0.1) is 16.4 Å². The molecule has 0 radical (unpaired) electrons. The number of aromatic nitrogens is 4. The largest absolute Gasteiger partial charge is 0.497 e. The fourth-order valence-corrected chi connectivity index (χ4v) is 4.32. The van der Waals surface area contributed by atoms with Crippen molar-refractivity contribution >= 4 is 34.8 Å². The van der Waals surface area contributed by atoms with Gasteiger partial charge in [-0.1, -0.05) is 23.9 Å². The fraction of sp³-hybridized carbons (Fsp3) is 0.316. The smallest absolute Gasteiger partial charge is 0.216 e. The minimum Gasteiger partial charge on any atom is -0.497 e. The average molecular weight is 432 g/mol. The summed E-state index contributed by atoms with van der Waals surface area (Å²) in [5, 5.41) is 15.1. The summed E-state index contributed by atoms with van der Waals surface area (Å²) in [4.78, 5) is 25.2. The van der Waals surface area contributed by atoms with Gasteiger partial charge in [0.1, 0.15) is 5.75 Å². The number of thioether (sulfide) groups is 1. The molecule has 0 spiro atoms. The van der Waals surface area contributed by atoms with Crippen molar-refractivity contribution in [3.8, 4) is 5.75 Å². The minimum absolute atomic E-state index is 0.0322. The SMILES string of the molecule is COc1ccc(Cn2nnnc2SCC(=O)c2ccc(CCNC(C)=O)s2)cc1. The number of rotatable bonds is 10. The molecule has 0 fully saturated rings. The predicted octanol–water partition coefficient (Wildman–Crippen LogP) is 2.45. The van der Waals surface area contributed by atoms with Gasteiger partial charge >= 0.3 is 0 Å². The van der Waals surface area contributed by atoms with E-state index < -0.39 is 0 Å². The first-order chi connectivity index (χ1) is 14.0. The van der Waals surface area contributed by atoms with Gasteiger partial charge in [-0.3, -0.25) is 9.59 Å². The van der Waals surface area contributed by atoms with Gasteiger partial charge in [0.05, 0.1) is 24.3 Å². The molecule has 0 unspecified atom stereocenters. The highest BCUT2D eigenvalue weighted by Crippen LogP contribution is 2.22. The third-order valence-electron chi connectivity index (χ3n) is 4.00. The van der Waals surface area contributed by atoms with Crippen molar-refractivity contribution in [3.05, 3.63) is 51.7 Å². The van der Waals surface area contributed by atoms with Crippen LogP contribution in [0.1, 0.15) is 27.0 Å². The van der Waals surface area contributed by atoms with E-state index in [9.17, 15) is 9.59 Å². The van der Waals surface area contributed by atoms with Crippen LogP contribution in [0.25, 0.3) is 0 Å². The Morgan fingerprint density at radius 2 is 2.00 bits per heavy atom. The van der Waals surface area contributed by atoms with Gasteiger partial charge in [0, 0.05) is 18.3 Å². The second-order valence-corrected chi connectivity index (χ2v) is 8.29. The number of ether oxygens (including phenoxy) is 1. The topological polar surface area (TPSA) is 99.0 Å². The van der Waals surface area contributed by atoms with E-state index >= 15 is 0 Å². The number of amides is 1. The van der Waals surface area contributed by atoms with Crippen LogP contribution in [0, 0.1) is 0 Å². The quantitative estimate of drug-likeness (QED) is 0.389. The zero-order valence-corrected chi connectivity index (χ0v) is 17.8. The number of carbonyl (C=O) groups excluding carboxylic acids is 2. The zero-order chi connectivity index (χ0) is 20.6. The van der Waals surface area contributed by atoms with Gasteiger partial charge in [0.25, 0.3) is 0 Å². The maximum Gasteiger partial charge on any atom is 0.216 e. The molecule has 1 N–H and O–H groups in total. The van der Waals surface area contributed by atoms with Gasteiger partial charge < -0.3 is 10.1 Å². The van der Waals surface area contributed by atoms with Crippen LogP contribution in [-0.2, 0) is 17.8 Å². The van der Waals surface area contributed by atoms with Crippen molar-refractivity contribution in [2.45, 2.75) is 25.0 Å². The highest BCUT2D eigenvalue weighted by molar-refractivity contribution is 7.99. The highest BCUT2D eigenvalue weighted by Gasteiger charge is 2.14. The Morgan fingerprint density at radius 1 is 1.21 bits per heavy atom. The van der Waals surface area contributed by atoms with E-state index in [1.54, 1.807) is 11.8 Å². The average Bonchev–Trinajstić information content (AvgIpc) is 3.36. The van der Waals surface area contributed by atoms with E-state index in [2.05, 4.69) is 20.8 Å². The van der Waals surface area contributed by atoms with E-state index in [1.807, 2.05) is 36.4 Å². The van der Waals surface area contributed by atoms with Crippen molar-refractivity contribution in [3.63, 3.8) is 0 Å². The Bertz CT molecular complexity index is 968. The number of tetrazole rings is 1. The van der Waals surface area contributed by atoms with Gasteiger partial charge in [-0.2, -0.15) is 0 Å². The standard InChI is InChI=1S/C19H21N5O3S2/c1-13(25)20-10-9-16-7-8-18(29-16)17(26)12-28-19-21-22-23-24(19)11-14-3-5-15(27-2)6-4-14/h3-8H,9-12H2,1-2H3,(H,20,25). The maximum absolute atomic E-state index is 12.5. The Kier molecular flexibility index (Phi) is 7.36. The summed E-state index contributed by atoms with van der Waals surface area (Å²) < 4.78 is 6.84. The molecule has 0 aliphatic heterocycles. The Balaban J connectivity index is 1.53. The molecule has 152 valence electrons. The molecule has 0 bridgehead atoms. The maximum atomic E-state index is 12.5. The van der Waals surface area contributed by atoms with Crippen molar-refractivity contribution in [2.24, 2.45) is 0 Å². The molecule has 1 amide bonds. The molecule has 10 heteroatoms. The van der Waals surface area contributed by atoms with E-state index in [4.69, 9.17) is 4.74 Å². The third-order valence-corrected chi connectivity index (χ3v) is 6.15. The first-order valence-electron chi connectivity index (χ1n) is 8.93. The van der Waals surface area contributed by atoms with E-state index in [-0.39, 0.29) is 17.4 Å². The van der Waals surface area contributed by atoms with Crippen LogP contribution in [0.3, 0.4) is 0 Å². The summed E-state index contributed by atoms with van der Waals surface area (Å²) in [6, 6.07) is 11.4. The number of nitrogens with zero attached hydrogens (tertiary/aromatic N) is 4. The molecule has 0 aliphatic carbocycles. The Morgan fingerprint density at radius 3 is 2.72 bits per heavy atom. The third kappa shape index (κ3) is 6.13. The fourth-order valence-electron chi connectivity index (χ4n) is 2.53. The van der Waals surface area contributed by atoms with Crippen molar-refractivity contribution in [2.75, 3.05) is 19.4 Å². The normalized spacial score (nSPS) is 10.7. The molecule has 2 aromatic heterocycles. The summed E-state index contributed by atoms with van der Waals surface area (Å²) in [5.41, 5.74) is 1.04. The van der Waals surface area contributed by atoms with Crippen molar-refractivity contribution in [1.82, 2.24) is 25.5 Å². The van der Waals surface area contributed by atoms with Gasteiger partial charge in [-0.05, 0) is 46.7 Å². The van der Waals surface area contributed by atoms with Gasteiger partial charge in [0.15, 0.2) is 5.78 Å². The molecule has 3 rings (SSSR count). The van der Waals surface area contributed by atoms with E-state index in [0.717, 1.165) is 16.2 Å². The summed E-state index contributed by atoms with van der Waals surface area (Å²) in [6.45, 7) is 2.57. The molecule has 8 nitrogen and oxygen atoms in total. The van der Waals surface area contributed by atoms with Crippen LogP contribution in [0.4, 0.5) is 0 Å². The molecule has 0 aliphatic rings. The van der Waals surface area contributed by atoms with Crippen LogP contribution in [-0.4, -0.2) is 51.3 Å². The van der Waals surface area contributed by atoms with E-state index in [1.165, 1.54) is 30.0 Å². The number of ketones is 1. The van der Waals surface area contributed by atoms with Gasteiger partial charge in [0.2, 0.25) is 11.1 Å². The molecule has 2 heterocycles. The number of hydrogen-bond acceptors (Lipinski definition) is 8. The van der Waals surface area contributed by atoms with Crippen LogP contribution in [0.2, 0.25) is 0 Å². The molecule has 29 heavy (non-hydrogen) atoms. The first-order valence-corrected chi connectivity index (χ1v) is 10.7. The monoisotopic (exact) mass is 431 g/mol. The summed E-state index contributed by atoms with van der Waals surface area (Å²) in [6.07, 6.45) is 0.713. The molecular weight excluding hydrogens is 410 g/mol. The first kappa shape index (κ1) is 21.0. The lowest BCUT2D eigenvalue weighted by atomic mass is 10.2. The molecule has 1 aromatic carbocycles. The number of Topliss-reactive ketones (excluding diaryl/α,β-unsaturated/α-hetero) is 1. The molecule has 0 atom stereocenters. The summed E-state index contributed by atoms with van der Waals surface area (Å²) in [5.74, 6) is 1.03. The summed E-state index contributed by atoms with van der Waals surface area (Å²) >= 11 is 2.77. The molecule has 0 saturated heterocycles. The lowest BCUT2D eigenvalue weighted by Crippen LogP contribution is -2.22. The van der Waals surface area contributed by atoms with E-state index in [0.29, 0.717) is 29.5 Å². The minimum atomic E-state index is -0.0541. The summed E-state index contributed by atoms with van der Waals surface area (Å²) in [7, 11) is 1.63. The van der Waals surface area contributed by atoms with Gasteiger partial charge in [-0.25, -0.2) is 4.68 Å². The molecular formula is C19H21N5O3S2. The van der Waals surface area contributed by atoms with Crippen LogP contribution in [0.5, 0.6) is 5.75 Å². The second-order valence-electron chi connectivity index (χ2n) is 6.18. The molecule has 0 saturated carbocycles. The lowest BCUT2D eigenvalue weighted by molar-refractivity contribution is -0.118. The predicted molar refractivity (Wildman–Crippen MR) is 112 cm³/mol. The highest BCUT2D eigenvalue weighted by atomic mass is 32.2. The number of nitrogens with one attached hydrogen (secondary N) is 1. The Hall–Kier alpha value is -2.72. The number of carbonyl (C=O) groups is 2. The van der Waals surface area contributed by atoms with Crippen LogP contribution < -0.4 is 10.1 Å². The molecule has 3 aromatic rings. The zero-order valence-electron chi connectivity index (χ0n) is 16.1. The number of benzene rings is 1. The van der Waals surface area contributed by atoms with Crippen LogP contribution >= 0.6 is 23.1 Å². The Labute approximate surface area is 176 Å². The number of thiophene rings is 1. The van der Waals surface area contributed by atoms with Crippen molar-refractivity contribution in [1.29, 1.82) is 0 Å².